The van der Waals surface area contributed by atoms with Crippen LogP contribution in [0.3, 0.4) is 0 Å². The highest BCUT2D eigenvalue weighted by Crippen LogP contribution is 2.30. The van der Waals surface area contributed by atoms with Crippen LogP contribution in [-0.2, 0) is 9.53 Å². The molecule has 0 saturated carbocycles. The smallest absolute Gasteiger partial charge is 0.225 e. The molecule has 4 rings (SSSR count). The van der Waals surface area contributed by atoms with Crippen LogP contribution in [0.25, 0.3) is 11.3 Å². The molecule has 2 fully saturated rings. The molecule has 132 valence electrons. The molecule has 3 heterocycles. The van der Waals surface area contributed by atoms with Crippen LogP contribution < -0.4 is 4.90 Å². The molecular weight excluding hydrogens is 334 g/mol. The van der Waals surface area contributed by atoms with E-state index in [2.05, 4.69) is 22.4 Å². The Kier molecular flexibility index (Phi) is 4.99. The molecule has 2 saturated heterocycles. The molecule has 0 spiro atoms. The maximum atomic E-state index is 12.6. The number of amides is 1. The third-order valence-corrected chi connectivity index (χ3v) is 5.90. The first kappa shape index (κ1) is 16.5. The number of thiazole rings is 1. The van der Waals surface area contributed by atoms with Crippen LogP contribution in [0.4, 0.5) is 5.13 Å². The van der Waals surface area contributed by atoms with Crippen LogP contribution in [0.2, 0.25) is 0 Å². The minimum absolute atomic E-state index is 0.155. The van der Waals surface area contributed by atoms with Crippen LogP contribution in [0.1, 0.15) is 12.8 Å². The molecule has 1 amide bonds. The van der Waals surface area contributed by atoms with E-state index in [9.17, 15) is 4.79 Å². The lowest BCUT2D eigenvalue weighted by molar-refractivity contribution is -0.140. The fourth-order valence-electron chi connectivity index (χ4n) is 3.51. The summed E-state index contributed by atoms with van der Waals surface area (Å²) in [5.74, 6) is 0.468. The number of anilines is 1. The molecule has 0 atom stereocenters. The summed E-state index contributed by atoms with van der Waals surface area (Å²) in [6, 6.07) is 10.3. The van der Waals surface area contributed by atoms with Crippen LogP contribution in [0, 0.1) is 5.92 Å². The molecule has 2 aromatic rings. The van der Waals surface area contributed by atoms with Gasteiger partial charge in [-0.2, -0.15) is 0 Å². The van der Waals surface area contributed by atoms with Gasteiger partial charge in [0, 0.05) is 43.0 Å². The standard InChI is InChI=1S/C19H23N3O2S/c23-18(21-10-12-24-13-11-21)16-6-8-22(9-7-16)19-20-17(14-25-19)15-4-2-1-3-5-15/h1-5,14,16H,6-13H2. The van der Waals surface area contributed by atoms with Crippen molar-refractivity contribution in [2.75, 3.05) is 44.3 Å². The van der Waals surface area contributed by atoms with E-state index in [4.69, 9.17) is 9.72 Å². The molecule has 5 nitrogen and oxygen atoms in total. The summed E-state index contributed by atoms with van der Waals surface area (Å²) >= 11 is 1.69. The maximum Gasteiger partial charge on any atom is 0.225 e. The molecule has 0 aliphatic carbocycles. The van der Waals surface area contributed by atoms with Crippen molar-refractivity contribution in [3.8, 4) is 11.3 Å². The summed E-state index contributed by atoms with van der Waals surface area (Å²) in [6.07, 6.45) is 1.83. The first-order valence-corrected chi connectivity index (χ1v) is 9.81. The predicted molar refractivity (Wildman–Crippen MR) is 99.9 cm³/mol. The van der Waals surface area contributed by atoms with Gasteiger partial charge in [-0.15, -0.1) is 11.3 Å². The number of carbonyl (C=O) groups excluding carboxylic acids is 1. The molecule has 1 aromatic carbocycles. The average molecular weight is 357 g/mol. The van der Waals surface area contributed by atoms with Gasteiger partial charge in [-0.3, -0.25) is 4.79 Å². The van der Waals surface area contributed by atoms with Crippen LogP contribution in [0.15, 0.2) is 35.7 Å². The number of morpholine rings is 1. The zero-order valence-electron chi connectivity index (χ0n) is 14.3. The number of benzene rings is 1. The van der Waals surface area contributed by atoms with E-state index >= 15 is 0 Å². The summed E-state index contributed by atoms with van der Waals surface area (Å²) in [5.41, 5.74) is 2.19. The molecule has 0 N–H and O–H groups in total. The number of nitrogens with zero attached hydrogens (tertiary/aromatic N) is 3. The number of piperidine rings is 1. The SMILES string of the molecule is O=C(C1CCN(c2nc(-c3ccccc3)cs2)CC1)N1CCOCC1. The van der Waals surface area contributed by atoms with E-state index in [-0.39, 0.29) is 5.92 Å². The highest BCUT2D eigenvalue weighted by atomic mass is 32.1. The van der Waals surface area contributed by atoms with Crippen molar-refractivity contribution >= 4 is 22.4 Å². The number of aromatic nitrogens is 1. The van der Waals surface area contributed by atoms with Crippen LogP contribution >= 0.6 is 11.3 Å². The first-order valence-electron chi connectivity index (χ1n) is 8.94. The maximum absolute atomic E-state index is 12.6. The topological polar surface area (TPSA) is 45.7 Å². The monoisotopic (exact) mass is 357 g/mol. The Morgan fingerprint density at radius 2 is 1.80 bits per heavy atom. The zero-order valence-corrected chi connectivity index (χ0v) is 15.1. The van der Waals surface area contributed by atoms with Gasteiger partial charge in [-0.25, -0.2) is 4.98 Å². The third-order valence-electron chi connectivity index (χ3n) is 5.00. The summed E-state index contributed by atoms with van der Waals surface area (Å²) in [6.45, 7) is 4.64. The minimum atomic E-state index is 0.155. The molecule has 2 aliphatic rings. The third kappa shape index (κ3) is 3.70. The van der Waals surface area contributed by atoms with Gasteiger partial charge in [0.15, 0.2) is 5.13 Å². The van der Waals surface area contributed by atoms with Crippen molar-refractivity contribution in [3.05, 3.63) is 35.7 Å². The van der Waals surface area contributed by atoms with Crippen molar-refractivity contribution < 1.29 is 9.53 Å². The summed E-state index contributed by atoms with van der Waals surface area (Å²) in [5, 5.41) is 3.19. The van der Waals surface area contributed by atoms with Gasteiger partial charge in [0.1, 0.15) is 0 Å². The molecule has 0 bridgehead atoms. The van der Waals surface area contributed by atoms with Gasteiger partial charge in [-0.05, 0) is 12.8 Å². The van der Waals surface area contributed by atoms with Gasteiger partial charge in [0.25, 0.3) is 0 Å². The zero-order chi connectivity index (χ0) is 17.1. The summed E-state index contributed by atoms with van der Waals surface area (Å²) in [4.78, 5) is 21.7. The van der Waals surface area contributed by atoms with Gasteiger partial charge in [0.05, 0.1) is 18.9 Å². The van der Waals surface area contributed by atoms with E-state index in [1.54, 1.807) is 11.3 Å². The number of ether oxygens (including phenoxy) is 1. The van der Waals surface area contributed by atoms with Crippen LogP contribution in [-0.4, -0.2) is 55.2 Å². The van der Waals surface area contributed by atoms with E-state index in [0.29, 0.717) is 19.1 Å². The molecule has 6 heteroatoms. The summed E-state index contributed by atoms with van der Waals surface area (Å²) in [7, 11) is 0. The van der Waals surface area contributed by atoms with Gasteiger partial charge >= 0.3 is 0 Å². The Morgan fingerprint density at radius 3 is 2.52 bits per heavy atom. The second-order valence-electron chi connectivity index (χ2n) is 6.58. The molecule has 1 aromatic heterocycles. The normalized spacial score (nSPS) is 19.2. The Balaban J connectivity index is 1.36. The van der Waals surface area contributed by atoms with E-state index in [1.165, 1.54) is 0 Å². The van der Waals surface area contributed by atoms with E-state index in [0.717, 1.165) is 55.4 Å². The van der Waals surface area contributed by atoms with Gasteiger partial charge in [0.2, 0.25) is 5.91 Å². The fourth-order valence-corrected chi connectivity index (χ4v) is 4.40. The molecular formula is C19H23N3O2S. The highest BCUT2D eigenvalue weighted by Gasteiger charge is 2.30. The Labute approximate surface area is 152 Å². The quantitative estimate of drug-likeness (QED) is 0.847. The lowest BCUT2D eigenvalue weighted by Crippen LogP contribution is -2.46. The lowest BCUT2D eigenvalue weighted by atomic mass is 9.95. The minimum Gasteiger partial charge on any atom is -0.378 e. The van der Waals surface area contributed by atoms with Crippen molar-refractivity contribution in [1.82, 2.24) is 9.88 Å². The number of rotatable bonds is 3. The largest absolute Gasteiger partial charge is 0.378 e. The van der Waals surface area contributed by atoms with Crippen molar-refractivity contribution in [2.45, 2.75) is 12.8 Å². The van der Waals surface area contributed by atoms with Crippen molar-refractivity contribution in [1.29, 1.82) is 0 Å². The number of carbonyl (C=O) groups is 1. The molecule has 0 unspecified atom stereocenters. The average Bonchev–Trinajstić information content (AvgIpc) is 3.19. The Bertz CT molecular complexity index is 704. The molecule has 0 radical (unpaired) electrons. The van der Waals surface area contributed by atoms with Gasteiger partial charge < -0.3 is 14.5 Å². The van der Waals surface area contributed by atoms with E-state index < -0.39 is 0 Å². The predicted octanol–water partition coefficient (Wildman–Crippen LogP) is 2.89. The highest BCUT2D eigenvalue weighted by molar-refractivity contribution is 7.14. The Hall–Kier alpha value is -1.92. The summed E-state index contributed by atoms with van der Waals surface area (Å²) < 4.78 is 5.34. The van der Waals surface area contributed by atoms with Gasteiger partial charge in [-0.1, -0.05) is 30.3 Å². The second-order valence-corrected chi connectivity index (χ2v) is 7.42. The number of hydrogen-bond acceptors (Lipinski definition) is 5. The van der Waals surface area contributed by atoms with Crippen molar-refractivity contribution in [2.24, 2.45) is 5.92 Å². The van der Waals surface area contributed by atoms with Crippen LogP contribution in [0.5, 0.6) is 0 Å². The number of hydrogen-bond donors (Lipinski definition) is 0. The second kappa shape index (κ2) is 7.54. The molecule has 25 heavy (non-hydrogen) atoms. The lowest BCUT2D eigenvalue weighted by Gasteiger charge is -2.35. The van der Waals surface area contributed by atoms with E-state index in [1.807, 2.05) is 23.1 Å². The fraction of sp³-hybridized carbons (Fsp3) is 0.474. The first-order chi connectivity index (χ1) is 12.3. The van der Waals surface area contributed by atoms with Crippen molar-refractivity contribution in [3.63, 3.8) is 0 Å². The Morgan fingerprint density at radius 1 is 1.08 bits per heavy atom. The molecule has 2 aliphatic heterocycles.